The van der Waals surface area contributed by atoms with E-state index in [2.05, 4.69) is 13.0 Å². The van der Waals surface area contributed by atoms with E-state index >= 15 is 0 Å². The normalized spacial score (nSPS) is 11.4. The quantitative estimate of drug-likeness (QED) is 0.123. The highest BCUT2D eigenvalue weighted by atomic mass is 14.0. The minimum Gasteiger partial charge on any atom is -0.0845 e. The molecule has 0 heterocycles. The monoisotopic (exact) mass is 375 g/mol. The zero-order chi connectivity index (χ0) is 19.7. The maximum atomic E-state index is 5.31. The molecule has 0 aliphatic carbocycles. The highest BCUT2D eigenvalue weighted by molar-refractivity contribution is 4.95. The maximum absolute atomic E-state index is 5.31. The number of allylic oxidation sites excluding steroid dienone is 3. The molecular weight excluding hydrogens is 324 g/mol. The third-order valence-electron chi connectivity index (χ3n) is 5.72. The molecular formula is C27H51. The molecule has 0 spiro atoms. The van der Waals surface area contributed by atoms with Crippen molar-refractivity contribution in [3.05, 3.63) is 24.8 Å². The van der Waals surface area contributed by atoms with Gasteiger partial charge in [-0.15, -0.1) is 0 Å². The van der Waals surface area contributed by atoms with Crippen molar-refractivity contribution in [3.63, 3.8) is 0 Å². The van der Waals surface area contributed by atoms with Gasteiger partial charge in [0.2, 0.25) is 0 Å². The summed E-state index contributed by atoms with van der Waals surface area (Å²) in [6.07, 6.45) is 37.4. The average Bonchev–Trinajstić information content (AvgIpc) is 2.68. The van der Waals surface area contributed by atoms with Crippen LogP contribution in [-0.4, -0.2) is 0 Å². The van der Waals surface area contributed by atoms with Crippen LogP contribution in [0.2, 0.25) is 0 Å². The van der Waals surface area contributed by atoms with Gasteiger partial charge in [0.15, 0.2) is 0 Å². The number of unbranched alkanes of at least 4 members (excludes halogenated alkanes) is 21. The van der Waals surface area contributed by atoms with Crippen molar-refractivity contribution in [1.29, 1.82) is 0 Å². The zero-order valence-corrected chi connectivity index (χ0v) is 18.9. The Morgan fingerprint density at radius 1 is 0.444 bits per heavy atom. The summed E-state index contributed by atoms with van der Waals surface area (Å²) in [4.78, 5) is 0. The minimum absolute atomic E-state index is 1.19. The van der Waals surface area contributed by atoms with Crippen molar-refractivity contribution < 1.29 is 0 Å². The Bertz CT molecular complexity index is 288. The van der Waals surface area contributed by atoms with Gasteiger partial charge in [0.25, 0.3) is 0 Å². The van der Waals surface area contributed by atoms with E-state index in [0.29, 0.717) is 0 Å². The van der Waals surface area contributed by atoms with Gasteiger partial charge in [-0.05, 0) is 12.8 Å². The van der Waals surface area contributed by atoms with E-state index in [1.807, 2.05) is 6.08 Å². The second kappa shape index (κ2) is 25.5. The second-order valence-electron chi connectivity index (χ2n) is 8.48. The molecule has 0 rings (SSSR count). The van der Waals surface area contributed by atoms with E-state index in [4.69, 9.17) is 6.58 Å². The first kappa shape index (κ1) is 26.5. The average molecular weight is 376 g/mol. The van der Waals surface area contributed by atoms with Crippen LogP contribution in [0.3, 0.4) is 0 Å². The summed E-state index contributed by atoms with van der Waals surface area (Å²) in [5.41, 5.74) is 0. The molecule has 0 saturated carbocycles. The van der Waals surface area contributed by atoms with Crippen molar-refractivity contribution >= 4 is 0 Å². The molecule has 0 fully saturated rings. The third kappa shape index (κ3) is 25.5. The standard InChI is InChI=1S/C27H51/c1-3-5-7-9-11-13-15-17-19-21-23-25-27-26-24-22-20-18-16-14-12-10-8-6-4-2/h1,3,5,7H,4,6,8-27H2,2H3. The summed E-state index contributed by atoms with van der Waals surface area (Å²) >= 11 is 0. The molecule has 0 N–H and O–H groups in total. The SMILES string of the molecule is [CH]=CC=CCCCCCCCCCCCCCCCCCCCCCCC. The molecule has 0 saturated heterocycles. The van der Waals surface area contributed by atoms with Crippen molar-refractivity contribution in [2.24, 2.45) is 0 Å². The first-order chi connectivity index (χ1) is 13.4. The van der Waals surface area contributed by atoms with Crippen molar-refractivity contribution in [2.45, 2.75) is 148 Å². The fraction of sp³-hybridized carbons (Fsp3) is 0.852. The molecule has 0 aromatic rings. The van der Waals surface area contributed by atoms with Crippen LogP contribution in [0.1, 0.15) is 148 Å². The molecule has 0 aliphatic heterocycles. The van der Waals surface area contributed by atoms with Crippen LogP contribution in [0, 0.1) is 6.58 Å². The van der Waals surface area contributed by atoms with Gasteiger partial charge in [-0.2, -0.15) is 0 Å². The smallest absolute Gasteiger partial charge is 0.0348 e. The van der Waals surface area contributed by atoms with Crippen LogP contribution in [0.4, 0.5) is 0 Å². The minimum atomic E-state index is 1.19. The Kier molecular flexibility index (Phi) is 25.0. The summed E-state index contributed by atoms with van der Waals surface area (Å²) < 4.78 is 0. The molecule has 159 valence electrons. The summed E-state index contributed by atoms with van der Waals surface area (Å²) in [5.74, 6) is 0. The first-order valence-corrected chi connectivity index (χ1v) is 12.6. The number of hydrogen-bond acceptors (Lipinski definition) is 0. The predicted octanol–water partition coefficient (Wildman–Crippen LogP) is 10.1. The van der Waals surface area contributed by atoms with E-state index in [0.717, 1.165) is 0 Å². The Labute approximate surface area is 173 Å². The zero-order valence-electron chi connectivity index (χ0n) is 18.9. The van der Waals surface area contributed by atoms with Crippen molar-refractivity contribution in [3.8, 4) is 0 Å². The molecule has 0 heteroatoms. The van der Waals surface area contributed by atoms with E-state index in [1.54, 1.807) is 6.08 Å². The van der Waals surface area contributed by atoms with Gasteiger partial charge in [-0.25, -0.2) is 0 Å². The lowest BCUT2D eigenvalue weighted by Gasteiger charge is -2.04. The molecule has 0 amide bonds. The third-order valence-corrected chi connectivity index (χ3v) is 5.72. The Hall–Kier alpha value is -0.520. The molecule has 0 bridgehead atoms. The van der Waals surface area contributed by atoms with Crippen LogP contribution in [0.5, 0.6) is 0 Å². The van der Waals surface area contributed by atoms with Gasteiger partial charge in [-0.3, -0.25) is 0 Å². The Balaban J connectivity index is 2.99. The molecule has 0 aliphatic rings. The van der Waals surface area contributed by atoms with Crippen molar-refractivity contribution in [1.82, 2.24) is 0 Å². The number of hydrogen-bond donors (Lipinski definition) is 0. The predicted molar refractivity (Wildman–Crippen MR) is 125 cm³/mol. The van der Waals surface area contributed by atoms with E-state index < -0.39 is 0 Å². The second-order valence-corrected chi connectivity index (χ2v) is 8.48. The molecule has 0 nitrogen and oxygen atoms in total. The van der Waals surface area contributed by atoms with Crippen LogP contribution in [0.15, 0.2) is 18.2 Å². The van der Waals surface area contributed by atoms with Crippen LogP contribution < -0.4 is 0 Å². The molecule has 0 unspecified atom stereocenters. The highest BCUT2D eigenvalue weighted by Gasteiger charge is 1.95. The fourth-order valence-corrected chi connectivity index (χ4v) is 3.87. The van der Waals surface area contributed by atoms with Gasteiger partial charge in [0.1, 0.15) is 0 Å². The summed E-state index contributed by atoms with van der Waals surface area (Å²) in [6.45, 7) is 7.61. The van der Waals surface area contributed by atoms with Gasteiger partial charge in [0.05, 0.1) is 0 Å². The number of rotatable bonds is 23. The maximum Gasteiger partial charge on any atom is -0.0348 e. The van der Waals surface area contributed by atoms with Gasteiger partial charge >= 0.3 is 0 Å². The van der Waals surface area contributed by atoms with Crippen LogP contribution >= 0.6 is 0 Å². The van der Waals surface area contributed by atoms with Crippen molar-refractivity contribution in [2.75, 3.05) is 0 Å². The Morgan fingerprint density at radius 2 is 0.741 bits per heavy atom. The van der Waals surface area contributed by atoms with Crippen LogP contribution in [0.25, 0.3) is 0 Å². The highest BCUT2D eigenvalue weighted by Crippen LogP contribution is 2.15. The lowest BCUT2D eigenvalue weighted by Crippen LogP contribution is -1.84. The molecule has 0 atom stereocenters. The summed E-state index contributed by atoms with van der Waals surface area (Å²) in [7, 11) is 0. The van der Waals surface area contributed by atoms with Gasteiger partial charge in [0, 0.05) is 0 Å². The lowest BCUT2D eigenvalue weighted by molar-refractivity contribution is 0.520. The first-order valence-electron chi connectivity index (χ1n) is 12.6. The van der Waals surface area contributed by atoms with Crippen LogP contribution in [-0.2, 0) is 0 Å². The van der Waals surface area contributed by atoms with E-state index in [9.17, 15) is 0 Å². The summed E-state index contributed by atoms with van der Waals surface area (Å²) in [5, 5.41) is 0. The fourth-order valence-electron chi connectivity index (χ4n) is 3.87. The molecule has 27 heavy (non-hydrogen) atoms. The largest absolute Gasteiger partial charge is 0.0845 e. The summed E-state index contributed by atoms with van der Waals surface area (Å²) in [6, 6.07) is 0. The lowest BCUT2D eigenvalue weighted by atomic mass is 10.0. The molecule has 1 radical (unpaired) electrons. The van der Waals surface area contributed by atoms with Gasteiger partial charge in [-0.1, -0.05) is 160 Å². The van der Waals surface area contributed by atoms with Gasteiger partial charge < -0.3 is 0 Å². The Morgan fingerprint density at radius 3 is 1.04 bits per heavy atom. The topological polar surface area (TPSA) is 0 Å². The molecule has 0 aromatic heterocycles. The van der Waals surface area contributed by atoms with E-state index in [1.165, 1.54) is 141 Å². The molecule has 0 aromatic carbocycles. The van der Waals surface area contributed by atoms with E-state index in [-0.39, 0.29) is 0 Å².